The maximum absolute atomic E-state index is 14.0. The number of amides is 3. The second-order valence-electron chi connectivity index (χ2n) is 10.9. The summed E-state index contributed by atoms with van der Waals surface area (Å²) in [6, 6.07) is 12.7. The Morgan fingerprint density at radius 3 is 2.12 bits per heavy atom. The van der Waals surface area contributed by atoms with Gasteiger partial charge in [-0.05, 0) is 63.9 Å². The number of thiol groups is 1. The Morgan fingerprint density at radius 2 is 1.57 bits per heavy atom. The van der Waals surface area contributed by atoms with E-state index < -0.39 is 29.7 Å². The molecule has 0 bridgehead atoms. The number of ether oxygens (including phenoxy) is 2. The van der Waals surface area contributed by atoms with Gasteiger partial charge in [0.25, 0.3) is 5.91 Å². The maximum atomic E-state index is 14.0. The van der Waals surface area contributed by atoms with Crippen molar-refractivity contribution in [1.29, 1.82) is 0 Å². The number of anilines is 1. The van der Waals surface area contributed by atoms with Crippen molar-refractivity contribution in [2.24, 2.45) is 0 Å². The van der Waals surface area contributed by atoms with Gasteiger partial charge in [-0.1, -0.05) is 62.4 Å². The van der Waals surface area contributed by atoms with Crippen molar-refractivity contribution in [3.63, 3.8) is 0 Å². The molecule has 0 aliphatic carbocycles. The minimum absolute atomic E-state index is 0.0468. The third kappa shape index (κ3) is 10.8. The molecule has 2 atom stereocenters. The van der Waals surface area contributed by atoms with Crippen molar-refractivity contribution in [1.82, 2.24) is 10.2 Å². The number of unbranched alkanes of at least 4 members (excludes halogenated alkanes) is 4. The third-order valence-electron chi connectivity index (χ3n) is 6.27. The summed E-state index contributed by atoms with van der Waals surface area (Å²) in [5, 5.41) is 5.62. The van der Waals surface area contributed by atoms with E-state index in [9.17, 15) is 14.4 Å². The number of nitrogens with one attached hydrogen (secondary N) is 2. The number of hydrogen-bond donors (Lipinski definition) is 3. The molecule has 2 N–H and O–H groups in total. The van der Waals surface area contributed by atoms with Gasteiger partial charge in [0.1, 0.15) is 23.4 Å². The van der Waals surface area contributed by atoms with E-state index in [2.05, 4.69) is 30.2 Å². The fourth-order valence-electron chi connectivity index (χ4n) is 4.19. The number of alkyl carbamates (subject to hydrolysis) is 1. The molecular formula is C31H45N3O5S. The van der Waals surface area contributed by atoms with Crippen molar-refractivity contribution < 1.29 is 23.9 Å². The number of carbonyl (C=O) groups excluding carboxylic acids is 3. The molecule has 2 aromatic rings. The summed E-state index contributed by atoms with van der Waals surface area (Å²) in [5.41, 5.74) is 1.57. The van der Waals surface area contributed by atoms with Gasteiger partial charge >= 0.3 is 6.09 Å². The lowest BCUT2D eigenvalue weighted by atomic mass is 10.0. The van der Waals surface area contributed by atoms with Crippen LogP contribution in [0.2, 0.25) is 0 Å². The number of aryl methyl sites for hydroxylation is 1. The average Bonchev–Trinajstić information content (AvgIpc) is 2.90. The molecule has 2 unspecified atom stereocenters. The van der Waals surface area contributed by atoms with E-state index in [0.29, 0.717) is 23.5 Å². The molecule has 8 nitrogen and oxygen atoms in total. The van der Waals surface area contributed by atoms with Crippen LogP contribution in [0, 0.1) is 6.92 Å². The van der Waals surface area contributed by atoms with E-state index >= 15 is 0 Å². The van der Waals surface area contributed by atoms with Crippen molar-refractivity contribution in [3.05, 3.63) is 59.7 Å². The van der Waals surface area contributed by atoms with E-state index in [4.69, 9.17) is 9.47 Å². The monoisotopic (exact) mass is 571 g/mol. The first-order chi connectivity index (χ1) is 19.0. The minimum Gasteiger partial charge on any atom is -0.497 e. The van der Waals surface area contributed by atoms with Crippen molar-refractivity contribution in [3.8, 4) is 5.75 Å². The van der Waals surface area contributed by atoms with Gasteiger partial charge in [0.15, 0.2) is 0 Å². The molecule has 2 aromatic carbocycles. The van der Waals surface area contributed by atoms with Crippen LogP contribution in [-0.2, 0) is 14.3 Å². The van der Waals surface area contributed by atoms with Crippen molar-refractivity contribution >= 4 is 36.2 Å². The number of carbonyl (C=O) groups is 3. The molecule has 0 radical (unpaired) electrons. The van der Waals surface area contributed by atoms with E-state index in [1.54, 1.807) is 57.0 Å². The Kier molecular flexibility index (Phi) is 13.3. The summed E-state index contributed by atoms with van der Waals surface area (Å²) in [5.74, 6) is -0.0368. The van der Waals surface area contributed by atoms with Gasteiger partial charge in [-0.25, -0.2) is 4.79 Å². The summed E-state index contributed by atoms with van der Waals surface area (Å²) < 4.78 is 10.6. The summed E-state index contributed by atoms with van der Waals surface area (Å²) in [4.78, 5) is 42.0. The lowest BCUT2D eigenvalue weighted by Gasteiger charge is -2.34. The normalized spacial score (nSPS) is 12.7. The standard InChI is InChI=1S/C31H45N3O5S/c1-7-8-9-10-11-20-34(29(36)26(21-40)33-30(37)39-31(3,4)5)27(23-14-12-22(2)13-15-23)28(35)32-24-16-18-25(38-6)19-17-24/h12-19,26-27,40H,7-11,20-21H2,1-6H3,(H,32,35)(H,33,37). The highest BCUT2D eigenvalue weighted by Gasteiger charge is 2.35. The molecule has 220 valence electrons. The molecule has 9 heteroatoms. The SMILES string of the molecule is CCCCCCCN(C(=O)C(CS)NC(=O)OC(C)(C)C)C(C(=O)Nc1ccc(OC)cc1)c1ccc(C)cc1. The van der Waals surface area contributed by atoms with Crippen LogP contribution in [-0.4, -0.2) is 53.9 Å². The highest BCUT2D eigenvalue weighted by atomic mass is 32.1. The molecule has 0 heterocycles. The minimum atomic E-state index is -0.976. The van der Waals surface area contributed by atoms with Crippen LogP contribution >= 0.6 is 12.6 Å². The Labute approximate surface area is 244 Å². The van der Waals surface area contributed by atoms with Crippen LogP contribution in [0.4, 0.5) is 10.5 Å². The average molecular weight is 572 g/mol. The van der Waals surface area contributed by atoms with Gasteiger partial charge in [-0.3, -0.25) is 9.59 Å². The van der Waals surface area contributed by atoms with Gasteiger partial charge in [-0.15, -0.1) is 0 Å². The Bertz CT molecular complexity index is 1080. The lowest BCUT2D eigenvalue weighted by Crippen LogP contribution is -2.53. The largest absolute Gasteiger partial charge is 0.497 e. The quantitative estimate of drug-likeness (QED) is 0.183. The predicted molar refractivity (Wildman–Crippen MR) is 163 cm³/mol. The third-order valence-corrected chi connectivity index (χ3v) is 6.63. The van der Waals surface area contributed by atoms with Crippen LogP contribution in [0.3, 0.4) is 0 Å². The summed E-state index contributed by atoms with van der Waals surface area (Å²) in [6.07, 6.45) is 4.17. The van der Waals surface area contributed by atoms with Gasteiger partial charge in [0.05, 0.1) is 7.11 Å². The maximum Gasteiger partial charge on any atom is 0.408 e. The van der Waals surface area contributed by atoms with Gasteiger partial charge in [0.2, 0.25) is 5.91 Å². The summed E-state index contributed by atoms with van der Waals surface area (Å²) in [7, 11) is 1.58. The molecule has 2 rings (SSSR count). The number of rotatable bonds is 14. The zero-order valence-electron chi connectivity index (χ0n) is 24.7. The van der Waals surface area contributed by atoms with Crippen LogP contribution in [0.15, 0.2) is 48.5 Å². The number of methoxy groups -OCH3 is 1. The summed E-state index contributed by atoms with van der Waals surface area (Å²) in [6.45, 7) is 9.72. The topological polar surface area (TPSA) is 97.0 Å². The van der Waals surface area contributed by atoms with Crippen LogP contribution in [0.25, 0.3) is 0 Å². The first kappa shape index (κ1) is 33.0. The van der Waals surface area contributed by atoms with Crippen molar-refractivity contribution in [2.45, 2.75) is 84.4 Å². The molecule has 0 spiro atoms. The van der Waals surface area contributed by atoms with Gasteiger partial charge in [0, 0.05) is 18.0 Å². The molecule has 0 aliphatic heterocycles. The number of hydrogen-bond acceptors (Lipinski definition) is 6. The molecule has 0 fully saturated rings. The number of benzene rings is 2. The van der Waals surface area contributed by atoms with E-state index in [1.807, 2.05) is 31.2 Å². The second-order valence-corrected chi connectivity index (χ2v) is 11.2. The second kappa shape index (κ2) is 16.2. The lowest BCUT2D eigenvalue weighted by molar-refractivity contribution is -0.140. The van der Waals surface area contributed by atoms with E-state index in [-0.39, 0.29) is 11.7 Å². The highest BCUT2D eigenvalue weighted by Crippen LogP contribution is 2.26. The summed E-state index contributed by atoms with van der Waals surface area (Å²) >= 11 is 4.36. The Hall–Kier alpha value is -3.20. The highest BCUT2D eigenvalue weighted by molar-refractivity contribution is 7.80. The Morgan fingerprint density at radius 1 is 0.950 bits per heavy atom. The van der Waals surface area contributed by atoms with Crippen LogP contribution < -0.4 is 15.4 Å². The molecule has 0 saturated carbocycles. The van der Waals surface area contributed by atoms with E-state index in [0.717, 1.165) is 37.7 Å². The predicted octanol–water partition coefficient (Wildman–Crippen LogP) is 6.31. The number of nitrogens with zero attached hydrogens (tertiary/aromatic N) is 1. The van der Waals surface area contributed by atoms with Gasteiger partial charge < -0.3 is 25.0 Å². The molecule has 0 aromatic heterocycles. The zero-order valence-corrected chi connectivity index (χ0v) is 25.6. The van der Waals surface area contributed by atoms with Crippen LogP contribution in [0.5, 0.6) is 5.75 Å². The van der Waals surface area contributed by atoms with Gasteiger partial charge in [-0.2, -0.15) is 12.6 Å². The molecule has 3 amide bonds. The molecular weight excluding hydrogens is 526 g/mol. The van der Waals surface area contributed by atoms with Crippen molar-refractivity contribution in [2.75, 3.05) is 24.7 Å². The first-order valence-corrected chi connectivity index (χ1v) is 14.5. The van der Waals surface area contributed by atoms with Crippen LogP contribution in [0.1, 0.15) is 77.0 Å². The fraction of sp³-hybridized carbons (Fsp3) is 0.516. The molecule has 40 heavy (non-hydrogen) atoms. The first-order valence-electron chi connectivity index (χ1n) is 13.9. The van der Waals surface area contributed by atoms with E-state index in [1.165, 1.54) is 0 Å². The zero-order chi connectivity index (χ0) is 29.7. The molecule has 0 saturated heterocycles. The Balaban J connectivity index is 2.44. The smallest absolute Gasteiger partial charge is 0.408 e. The molecule has 0 aliphatic rings. The fourth-order valence-corrected chi connectivity index (χ4v) is 4.44.